The van der Waals surface area contributed by atoms with E-state index in [4.69, 9.17) is 4.74 Å². The number of carbonyl (C=O) groups is 7. The number of Topliss-reactive ketones (excluding diaryl/α,β-unsaturated/α-hetero) is 1. The van der Waals surface area contributed by atoms with Crippen LogP contribution < -0.4 is 21.3 Å². The summed E-state index contributed by atoms with van der Waals surface area (Å²) in [5.41, 5.74) is 0.498. The SMILES string of the molecule is CCC[C@H](NC(=O)[C@@H]1C[C@@H](OC=O)CN1C(=O)[C@@H](NC(=O)[C@@H](NC(=O)c1cnccn1)C(C)C)C(C)C)C(=O)C(F)(F)C(=O)N[C@@H](C)c1ccc2ccccc2c1. The third kappa shape index (κ3) is 10.7. The number of carbonyl (C=O) groups excluding carboxylic acids is 7. The number of aromatic nitrogens is 2. The van der Waals surface area contributed by atoms with Crippen LogP contribution in [0.25, 0.3) is 10.8 Å². The molecule has 4 rings (SSSR count). The largest absolute Gasteiger partial charge is 0.463 e. The molecule has 1 fully saturated rings. The third-order valence-electron chi connectivity index (χ3n) is 9.78. The fraction of sp³-hybridized carbons (Fsp3) is 0.475. The monoisotopic (exact) mass is 793 g/mol. The summed E-state index contributed by atoms with van der Waals surface area (Å²) in [5, 5.41) is 11.5. The van der Waals surface area contributed by atoms with E-state index in [9.17, 15) is 33.6 Å². The summed E-state index contributed by atoms with van der Waals surface area (Å²) in [6.45, 7) is 9.60. The van der Waals surface area contributed by atoms with Crippen molar-refractivity contribution >= 4 is 52.6 Å². The van der Waals surface area contributed by atoms with Gasteiger partial charge in [-0.05, 0) is 47.6 Å². The minimum Gasteiger partial charge on any atom is -0.463 e. The lowest BCUT2D eigenvalue weighted by atomic mass is 9.98. The first-order chi connectivity index (χ1) is 27.0. The first-order valence-corrected chi connectivity index (χ1v) is 18.8. The fourth-order valence-electron chi connectivity index (χ4n) is 6.57. The van der Waals surface area contributed by atoms with E-state index in [1.807, 2.05) is 24.3 Å². The van der Waals surface area contributed by atoms with Gasteiger partial charge in [0.15, 0.2) is 0 Å². The molecule has 0 saturated carbocycles. The van der Waals surface area contributed by atoms with Crippen LogP contribution in [0.4, 0.5) is 8.78 Å². The Morgan fingerprint density at radius 3 is 2.21 bits per heavy atom. The van der Waals surface area contributed by atoms with Crippen molar-refractivity contribution in [1.29, 1.82) is 0 Å². The van der Waals surface area contributed by atoms with Crippen LogP contribution in [-0.2, 0) is 33.5 Å². The molecule has 306 valence electrons. The van der Waals surface area contributed by atoms with Crippen LogP contribution in [0.15, 0.2) is 61.1 Å². The Bertz CT molecular complexity index is 1950. The number of alkyl halides is 2. The van der Waals surface area contributed by atoms with E-state index in [2.05, 4.69) is 31.2 Å². The van der Waals surface area contributed by atoms with Crippen molar-refractivity contribution < 1.29 is 47.1 Å². The van der Waals surface area contributed by atoms with Gasteiger partial charge in [-0.2, -0.15) is 8.78 Å². The molecule has 2 heterocycles. The van der Waals surface area contributed by atoms with Crippen LogP contribution in [0.2, 0.25) is 0 Å². The Kier molecular flexibility index (Phi) is 14.9. The van der Waals surface area contributed by atoms with Gasteiger partial charge in [0.25, 0.3) is 18.3 Å². The highest BCUT2D eigenvalue weighted by Gasteiger charge is 2.52. The fourth-order valence-corrected chi connectivity index (χ4v) is 6.57. The number of hydrogen-bond donors (Lipinski definition) is 4. The van der Waals surface area contributed by atoms with Gasteiger partial charge in [-0.1, -0.05) is 77.4 Å². The van der Waals surface area contributed by atoms with Crippen LogP contribution in [0.5, 0.6) is 0 Å². The van der Waals surface area contributed by atoms with Crippen LogP contribution in [0, 0.1) is 11.8 Å². The average molecular weight is 794 g/mol. The molecule has 5 amide bonds. The molecule has 0 spiro atoms. The maximum atomic E-state index is 15.6. The van der Waals surface area contributed by atoms with E-state index < -0.39 is 89.4 Å². The Labute approximate surface area is 329 Å². The van der Waals surface area contributed by atoms with Crippen molar-refractivity contribution in [3.05, 3.63) is 72.3 Å². The molecule has 1 aliphatic rings. The van der Waals surface area contributed by atoms with Gasteiger partial charge in [-0.25, -0.2) is 4.98 Å². The molecule has 6 atom stereocenters. The minimum atomic E-state index is -4.55. The minimum absolute atomic E-state index is 0.0339. The van der Waals surface area contributed by atoms with E-state index in [0.717, 1.165) is 15.7 Å². The molecule has 17 heteroatoms. The number of nitrogens with one attached hydrogen (secondary N) is 4. The van der Waals surface area contributed by atoms with Crippen molar-refractivity contribution in [2.45, 2.75) is 103 Å². The van der Waals surface area contributed by atoms with Crippen molar-refractivity contribution in [2.75, 3.05) is 6.54 Å². The Hall–Kier alpha value is -5.87. The lowest BCUT2D eigenvalue weighted by molar-refractivity contribution is -0.161. The molecule has 3 aromatic rings. The van der Waals surface area contributed by atoms with Crippen molar-refractivity contribution in [3.8, 4) is 0 Å². The zero-order valence-corrected chi connectivity index (χ0v) is 32.7. The molecule has 15 nitrogen and oxygen atoms in total. The van der Waals surface area contributed by atoms with E-state index in [-0.39, 0.29) is 38.0 Å². The molecule has 1 aliphatic heterocycles. The number of amides is 5. The van der Waals surface area contributed by atoms with Crippen molar-refractivity contribution in [3.63, 3.8) is 0 Å². The summed E-state index contributed by atoms with van der Waals surface area (Å²) in [6.07, 6.45) is 2.60. The zero-order chi connectivity index (χ0) is 42.0. The second-order valence-electron chi connectivity index (χ2n) is 14.7. The zero-order valence-electron chi connectivity index (χ0n) is 32.7. The Balaban J connectivity index is 1.50. The summed E-state index contributed by atoms with van der Waals surface area (Å²) in [7, 11) is 0. The summed E-state index contributed by atoms with van der Waals surface area (Å²) in [5.74, 6) is -12.4. The molecule has 1 aromatic heterocycles. The summed E-state index contributed by atoms with van der Waals surface area (Å²) < 4.78 is 36.3. The van der Waals surface area contributed by atoms with Gasteiger partial charge in [0.1, 0.15) is 29.9 Å². The molecular weight excluding hydrogens is 744 g/mol. The van der Waals surface area contributed by atoms with Crippen LogP contribution in [-0.4, -0.2) is 99.4 Å². The highest BCUT2D eigenvalue weighted by molar-refractivity contribution is 6.11. The highest BCUT2D eigenvalue weighted by Crippen LogP contribution is 2.26. The molecule has 0 aliphatic carbocycles. The van der Waals surface area contributed by atoms with Crippen molar-refractivity contribution in [2.24, 2.45) is 11.8 Å². The summed E-state index contributed by atoms with van der Waals surface area (Å²) in [4.78, 5) is 101. The van der Waals surface area contributed by atoms with Crippen LogP contribution in [0.3, 0.4) is 0 Å². The predicted octanol–water partition coefficient (Wildman–Crippen LogP) is 3.03. The smallest absolute Gasteiger partial charge is 0.383 e. The molecular formula is C40H49F2N7O8. The first kappa shape index (κ1) is 43.9. The normalized spacial score (nSPS) is 17.6. The number of ether oxygens (including phenoxy) is 1. The molecule has 57 heavy (non-hydrogen) atoms. The molecule has 4 N–H and O–H groups in total. The molecule has 2 aromatic carbocycles. The summed E-state index contributed by atoms with van der Waals surface area (Å²) in [6, 6.07) is 6.07. The van der Waals surface area contributed by atoms with Crippen LogP contribution >= 0.6 is 0 Å². The highest BCUT2D eigenvalue weighted by atomic mass is 19.3. The number of halogens is 2. The maximum absolute atomic E-state index is 15.6. The molecule has 0 radical (unpaired) electrons. The second-order valence-corrected chi connectivity index (χ2v) is 14.7. The number of fused-ring (bicyclic) bond motifs is 1. The van der Waals surface area contributed by atoms with E-state index in [0.29, 0.717) is 5.56 Å². The Morgan fingerprint density at radius 2 is 1.60 bits per heavy atom. The first-order valence-electron chi connectivity index (χ1n) is 18.8. The predicted molar refractivity (Wildman–Crippen MR) is 203 cm³/mol. The van der Waals surface area contributed by atoms with Gasteiger partial charge < -0.3 is 30.9 Å². The molecule has 0 unspecified atom stereocenters. The lowest BCUT2D eigenvalue weighted by Gasteiger charge is -2.32. The van der Waals surface area contributed by atoms with E-state index in [1.165, 1.54) is 25.5 Å². The van der Waals surface area contributed by atoms with E-state index >= 15 is 8.78 Å². The van der Waals surface area contributed by atoms with E-state index in [1.54, 1.807) is 52.8 Å². The van der Waals surface area contributed by atoms with Crippen molar-refractivity contribution in [1.82, 2.24) is 36.1 Å². The number of rotatable bonds is 18. The van der Waals surface area contributed by atoms with Gasteiger partial charge >= 0.3 is 5.92 Å². The quantitative estimate of drug-likeness (QED) is 0.109. The Morgan fingerprint density at radius 1 is 0.912 bits per heavy atom. The topological polar surface area (TPSA) is 206 Å². The lowest BCUT2D eigenvalue weighted by Crippen LogP contribution is -2.60. The number of ketones is 1. The third-order valence-corrected chi connectivity index (χ3v) is 9.78. The number of likely N-dealkylation sites (tertiary alicyclic amines) is 1. The average Bonchev–Trinajstić information content (AvgIpc) is 3.62. The van der Waals surface area contributed by atoms with Gasteiger partial charge in [0.2, 0.25) is 23.5 Å². The number of hydrogen-bond acceptors (Lipinski definition) is 10. The van der Waals surface area contributed by atoms with Gasteiger partial charge in [0.05, 0.1) is 24.8 Å². The summed E-state index contributed by atoms with van der Waals surface area (Å²) >= 11 is 0. The van der Waals surface area contributed by atoms with Crippen LogP contribution in [0.1, 0.15) is 82.9 Å². The standard InChI is InChI=1S/C40H49F2N7O8/c1-7-10-29(34(51)40(41,42)39(56)45-24(6)26-14-13-25-11-8-9-12-27(25)17-26)46-36(53)31-18-28(57-21-50)20-49(31)38(55)33(23(4)5)48-37(54)32(22(2)3)47-35(52)30-19-43-15-16-44-30/h8-9,11-17,19,21-24,28-29,31-33H,7,10,18,20H2,1-6H3,(H,45,56)(H,46,53)(H,47,52)(H,48,54)/t24-,28+,29-,31-,32-,33-/m0/s1. The maximum Gasteiger partial charge on any atom is 0.383 e. The van der Waals surface area contributed by atoms with Gasteiger partial charge in [-0.15, -0.1) is 0 Å². The second kappa shape index (κ2) is 19.3. The number of nitrogens with zero attached hydrogens (tertiary/aromatic N) is 3. The van der Waals surface area contributed by atoms with Gasteiger partial charge in [0, 0.05) is 18.8 Å². The molecule has 0 bridgehead atoms. The van der Waals surface area contributed by atoms with Gasteiger partial charge in [-0.3, -0.25) is 38.5 Å². The number of benzene rings is 2. The molecule has 1 saturated heterocycles.